The predicted octanol–water partition coefficient (Wildman–Crippen LogP) is 4.91. The topological polar surface area (TPSA) is 26.3 Å². The Bertz CT molecular complexity index is 354. The van der Waals surface area contributed by atoms with E-state index in [1.807, 2.05) is 12.1 Å². The Morgan fingerprint density at radius 1 is 1.00 bits per heavy atom. The summed E-state index contributed by atoms with van der Waals surface area (Å²) in [7, 11) is 0. The van der Waals surface area contributed by atoms with Crippen molar-refractivity contribution in [2.45, 2.75) is 58.3 Å². The van der Waals surface area contributed by atoms with E-state index in [2.05, 4.69) is 13.8 Å². The zero-order valence-corrected chi connectivity index (χ0v) is 12.0. The fraction of sp³-hybridized carbons (Fsp3) is 0.529. The molecule has 0 aliphatic carbocycles. The van der Waals surface area contributed by atoms with Gasteiger partial charge in [0.1, 0.15) is 5.75 Å². The predicted molar refractivity (Wildman–Crippen MR) is 79.1 cm³/mol. The number of hydrogen-bond donors (Lipinski definition) is 0. The van der Waals surface area contributed by atoms with Crippen LogP contribution in [0.1, 0.15) is 63.9 Å². The summed E-state index contributed by atoms with van der Waals surface area (Å²) < 4.78 is 5.25. The van der Waals surface area contributed by atoms with Gasteiger partial charge < -0.3 is 4.74 Å². The number of hydrogen-bond acceptors (Lipinski definition) is 2. The van der Waals surface area contributed by atoms with E-state index in [0.29, 0.717) is 12.2 Å². The molecule has 0 atom stereocenters. The molecule has 0 fully saturated rings. The molecular weight excluding hydrogens is 236 g/mol. The Morgan fingerprint density at radius 2 is 1.58 bits per heavy atom. The first-order chi connectivity index (χ1) is 9.22. The average molecular weight is 261 g/mol. The second kappa shape index (κ2) is 9.60. The molecule has 0 saturated carbocycles. The van der Waals surface area contributed by atoms with Gasteiger partial charge in [0, 0.05) is 6.42 Å². The highest BCUT2D eigenvalue weighted by Gasteiger charge is 2.04. The normalized spacial score (nSPS) is 10.4. The Labute approximate surface area is 117 Å². The lowest BCUT2D eigenvalue weighted by Gasteiger charge is -2.04. The average Bonchev–Trinajstić information content (AvgIpc) is 2.40. The lowest BCUT2D eigenvalue weighted by atomic mass is 10.1. The maximum absolute atomic E-state index is 11.6. The number of unbranched alkanes of at least 4 members (excludes halogenated alkanes) is 6. The minimum absolute atomic E-state index is 0.134. The molecule has 0 aliphatic rings. The van der Waals surface area contributed by atoms with E-state index in [4.69, 9.17) is 4.74 Å². The van der Waals surface area contributed by atoms with Crippen LogP contribution in [0.3, 0.4) is 0 Å². The highest BCUT2D eigenvalue weighted by atomic mass is 16.5. The first-order valence-electron chi connectivity index (χ1n) is 7.35. The van der Waals surface area contributed by atoms with E-state index in [1.54, 1.807) is 12.1 Å². The second-order valence-electron chi connectivity index (χ2n) is 4.99. The Hall–Kier alpha value is -1.31. The van der Waals surface area contributed by atoms with Crippen LogP contribution in [0, 0.1) is 6.92 Å². The molecule has 0 unspecified atom stereocenters. The molecule has 0 aliphatic heterocycles. The summed E-state index contributed by atoms with van der Waals surface area (Å²) in [5, 5.41) is 0. The highest BCUT2D eigenvalue weighted by molar-refractivity contribution is 5.72. The van der Waals surface area contributed by atoms with Crippen LogP contribution in [-0.4, -0.2) is 5.97 Å². The van der Waals surface area contributed by atoms with Crippen molar-refractivity contribution in [2.24, 2.45) is 0 Å². The third kappa shape index (κ3) is 7.66. The van der Waals surface area contributed by atoms with Gasteiger partial charge in [0.2, 0.25) is 0 Å². The van der Waals surface area contributed by atoms with Crippen LogP contribution < -0.4 is 4.74 Å². The largest absolute Gasteiger partial charge is 0.427 e. The van der Waals surface area contributed by atoms with E-state index in [-0.39, 0.29) is 5.97 Å². The minimum atomic E-state index is -0.134. The van der Waals surface area contributed by atoms with Gasteiger partial charge >= 0.3 is 5.97 Å². The summed E-state index contributed by atoms with van der Waals surface area (Å²) in [5.74, 6) is 0.478. The monoisotopic (exact) mass is 261 g/mol. The quantitative estimate of drug-likeness (QED) is 0.358. The van der Waals surface area contributed by atoms with Gasteiger partial charge in [0.15, 0.2) is 0 Å². The molecule has 0 aromatic heterocycles. The number of benzene rings is 1. The van der Waals surface area contributed by atoms with Crippen LogP contribution in [0.5, 0.6) is 5.75 Å². The molecule has 1 rings (SSSR count). The molecular formula is C17H25O2. The Balaban J connectivity index is 2.06. The molecule has 19 heavy (non-hydrogen) atoms. The second-order valence-corrected chi connectivity index (χ2v) is 4.99. The Morgan fingerprint density at radius 3 is 2.21 bits per heavy atom. The summed E-state index contributed by atoms with van der Waals surface area (Å²) in [6, 6.07) is 7.25. The highest BCUT2D eigenvalue weighted by Crippen LogP contribution is 2.13. The molecule has 0 bridgehead atoms. The number of carbonyl (C=O) groups is 1. The summed E-state index contributed by atoms with van der Waals surface area (Å²) in [4.78, 5) is 11.6. The van der Waals surface area contributed by atoms with Gasteiger partial charge in [0.25, 0.3) is 0 Å². The maximum atomic E-state index is 11.6. The summed E-state index contributed by atoms with van der Waals surface area (Å²) in [5.41, 5.74) is 0.923. The van der Waals surface area contributed by atoms with Crippen molar-refractivity contribution >= 4 is 5.97 Å². The number of rotatable bonds is 9. The lowest BCUT2D eigenvalue weighted by Crippen LogP contribution is -2.07. The van der Waals surface area contributed by atoms with Crippen molar-refractivity contribution in [3.8, 4) is 5.75 Å². The molecule has 0 N–H and O–H groups in total. The van der Waals surface area contributed by atoms with Gasteiger partial charge in [-0.05, 0) is 31.0 Å². The van der Waals surface area contributed by atoms with Gasteiger partial charge in [-0.3, -0.25) is 4.79 Å². The van der Waals surface area contributed by atoms with E-state index in [1.165, 1.54) is 32.1 Å². The van der Waals surface area contributed by atoms with Crippen LogP contribution in [-0.2, 0) is 4.79 Å². The van der Waals surface area contributed by atoms with Crippen molar-refractivity contribution in [3.63, 3.8) is 0 Å². The summed E-state index contributed by atoms with van der Waals surface area (Å²) in [6.45, 7) is 6.01. The SMILES string of the molecule is [CH2]c1ccc(OC(=O)CCCCCCCCC)cc1. The molecule has 2 nitrogen and oxygen atoms in total. The molecule has 2 heteroatoms. The van der Waals surface area contributed by atoms with Crippen LogP contribution in [0.2, 0.25) is 0 Å². The fourth-order valence-corrected chi connectivity index (χ4v) is 1.97. The van der Waals surface area contributed by atoms with Gasteiger partial charge in [-0.2, -0.15) is 0 Å². The summed E-state index contributed by atoms with van der Waals surface area (Å²) >= 11 is 0. The fourth-order valence-electron chi connectivity index (χ4n) is 1.97. The lowest BCUT2D eigenvalue weighted by molar-refractivity contribution is -0.134. The van der Waals surface area contributed by atoms with Gasteiger partial charge in [-0.15, -0.1) is 0 Å². The van der Waals surface area contributed by atoms with Gasteiger partial charge in [-0.25, -0.2) is 0 Å². The molecule has 1 aromatic carbocycles. The number of ether oxygens (including phenoxy) is 1. The van der Waals surface area contributed by atoms with Gasteiger partial charge in [0.05, 0.1) is 0 Å². The smallest absolute Gasteiger partial charge is 0.311 e. The van der Waals surface area contributed by atoms with Crippen molar-refractivity contribution in [3.05, 3.63) is 36.8 Å². The van der Waals surface area contributed by atoms with Crippen molar-refractivity contribution in [1.82, 2.24) is 0 Å². The first kappa shape index (κ1) is 15.7. The van der Waals surface area contributed by atoms with Crippen LogP contribution >= 0.6 is 0 Å². The van der Waals surface area contributed by atoms with Crippen LogP contribution in [0.15, 0.2) is 24.3 Å². The van der Waals surface area contributed by atoms with Gasteiger partial charge in [-0.1, -0.05) is 57.6 Å². The van der Waals surface area contributed by atoms with Crippen molar-refractivity contribution < 1.29 is 9.53 Å². The van der Waals surface area contributed by atoms with Crippen LogP contribution in [0.25, 0.3) is 0 Å². The van der Waals surface area contributed by atoms with Crippen molar-refractivity contribution in [2.75, 3.05) is 0 Å². The molecule has 0 saturated heterocycles. The number of esters is 1. The zero-order chi connectivity index (χ0) is 13.9. The van der Waals surface area contributed by atoms with E-state index >= 15 is 0 Å². The summed E-state index contributed by atoms with van der Waals surface area (Å²) in [6.07, 6.45) is 8.99. The van der Waals surface area contributed by atoms with E-state index in [9.17, 15) is 4.79 Å². The standard InChI is InChI=1S/C17H25O2/c1-3-4-5-6-7-8-9-10-17(18)19-16-13-11-15(2)12-14-16/h11-14H,2-10H2,1H3. The molecule has 105 valence electrons. The Kier molecular flexibility index (Phi) is 7.95. The first-order valence-corrected chi connectivity index (χ1v) is 7.35. The van der Waals surface area contributed by atoms with E-state index < -0.39 is 0 Å². The molecule has 0 spiro atoms. The minimum Gasteiger partial charge on any atom is -0.427 e. The van der Waals surface area contributed by atoms with Crippen molar-refractivity contribution in [1.29, 1.82) is 0 Å². The molecule has 1 radical (unpaired) electrons. The third-order valence-corrected chi connectivity index (χ3v) is 3.14. The van der Waals surface area contributed by atoms with E-state index in [0.717, 1.165) is 18.4 Å². The molecule has 0 amide bonds. The zero-order valence-electron chi connectivity index (χ0n) is 12.0. The number of carbonyl (C=O) groups excluding carboxylic acids is 1. The van der Waals surface area contributed by atoms with Crippen LogP contribution in [0.4, 0.5) is 0 Å². The molecule has 1 aromatic rings. The molecule has 0 heterocycles. The maximum Gasteiger partial charge on any atom is 0.311 e. The third-order valence-electron chi connectivity index (χ3n) is 3.14.